The van der Waals surface area contributed by atoms with Crippen LogP contribution in [0.1, 0.15) is 18.1 Å². The van der Waals surface area contributed by atoms with E-state index in [0.717, 1.165) is 5.56 Å². The SMILES string of the molecule is COc1ccc(C(C)=NNC(=O)COc2ccc(C#N)cc2)cc1OC. The second-order valence-corrected chi connectivity index (χ2v) is 5.23. The number of methoxy groups -OCH3 is 2. The van der Waals surface area contributed by atoms with Crippen LogP contribution < -0.4 is 19.6 Å². The number of nitriles is 1. The van der Waals surface area contributed by atoms with Gasteiger partial charge in [0.05, 0.1) is 31.6 Å². The van der Waals surface area contributed by atoms with Gasteiger partial charge < -0.3 is 14.2 Å². The van der Waals surface area contributed by atoms with E-state index in [-0.39, 0.29) is 6.61 Å². The van der Waals surface area contributed by atoms with E-state index in [1.165, 1.54) is 0 Å². The summed E-state index contributed by atoms with van der Waals surface area (Å²) in [5.74, 6) is 1.30. The fourth-order valence-corrected chi connectivity index (χ4v) is 2.08. The lowest BCUT2D eigenvalue weighted by Crippen LogP contribution is -2.25. The molecule has 0 heterocycles. The van der Waals surface area contributed by atoms with Crippen molar-refractivity contribution in [3.05, 3.63) is 53.6 Å². The number of hydrogen-bond acceptors (Lipinski definition) is 6. The summed E-state index contributed by atoms with van der Waals surface area (Å²) in [7, 11) is 3.11. The molecule has 0 fully saturated rings. The Kier molecular flexibility index (Phi) is 6.57. The summed E-state index contributed by atoms with van der Waals surface area (Å²) in [6.07, 6.45) is 0. The number of ether oxygens (including phenoxy) is 3. The van der Waals surface area contributed by atoms with E-state index in [1.807, 2.05) is 12.1 Å². The van der Waals surface area contributed by atoms with Crippen molar-refractivity contribution in [1.82, 2.24) is 5.43 Å². The zero-order valence-electron chi connectivity index (χ0n) is 14.8. The smallest absolute Gasteiger partial charge is 0.277 e. The van der Waals surface area contributed by atoms with Gasteiger partial charge in [-0.3, -0.25) is 4.79 Å². The zero-order chi connectivity index (χ0) is 18.9. The molecule has 0 atom stereocenters. The van der Waals surface area contributed by atoms with Crippen molar-refractivity contribution in [1.29, 1.82) is 5.26 Å². The second-order valence-electron chi connectivity index (χ2n) is 5.23. The molecule has 0 saturated carbocycles. The third-order valence-electron chi connectivity index (χ3n) is 3.50. The van der Waals surface area contributed by atoms with Gasteiger partial charge in [0.25, 0.3) is 5.91 Å². The molecule has 2 aromatic carbocycles. The van der Waals surface area contributed by atoms with Crippen LogP contribution in [-0.4, -0.2) is 32.4 Å². The number of carbonyl (C=O) groups excluding carboxylic acids is 1. The molecule has 0 aromatic heterocycles. The van der Waals surface area contributed by atoms with Crippen LogP contribution in [0.2, 0.25) is 0 Å². The molecule has 0 aliphatic heterocycles. The Balaban J connectivity index is 1.93. The van der Waals surface area contributed by atoms with Crippen LogP contribution in [-0.2, 0) is 4.79 Å². The fourth-order valence-electron chi connectivity index (χ4n) is 2.08. The van der Waals surface area contributed by atoms with Gasteiger partial charge in [-0.15, -0.1) is 0 Å². The summed E-state index contributed by atoms with van der Waals surface area (Å²) in [4.78, 5) is 11.9. The molecule has 7 nitrogen and oxygen atoms in total. The summed E-state index contributed by atoms with van der Waals surface area (Å²) in [6.45, 7) is 1.58. The molecule has 7 heteroatoms. The van der Waals surface area contributed by atoms with Gasteiger partial charge in [-0.1, -0.05) is 0 Å². The number of nitrogens with one attached hydrogen (secondary N) is 1. The fraction of sp³-hybridized carbons (Fsp3) is 0.211. The molecule has 0 spiro atoms. The maximum absolute atomic E-state index is 11.9. The van der Waals surface area contributed by atoms with Crippen LogP contribution in [0.15, 0.2) is 47.6 Å². The molecule has 2 rings (SSSR count). The van der Waals surface area contributed by atoms with E-state index >= 15 is 0 Å². The molecular formula is C19H19N3O4. The van der Waals surface area contributed by atoms with Gasteiger partial charge in [-0.25, -0.2) is 5.43 Å². The number of hydrogen-bond donors (Lipinski definition) is 1. The van der Waals surface area contributed by atoms with E-state index in [2.05, 4.69) is 10.5 Å². The van der Waals surface area contributed by atoms with Gasteiger partial charge in [0, 0.05) is 5.56 Å². The topological polar surface area (TPSA) is 92.9 Å². The minimum Gasteiger partial charge on any atom is -0.493 e. The van der Waals surface area contributed by atoms with Gasteiger partial charge in [-0.2, -0.15) is 10.4 Å². The summed E-state index contributed by atoms with van der Waals surface area (Å²) in [5.41, 5.74) is 4.36. The third kappa shape index (κ3) is 4.98. The minimum atomic E-state index is -0.394. The van der Waals surface area contributed by atoms with Gasteiger partial charge in [0.15, 0.2) is 18.1 Å². The zero-order valence-corrected chi connectivity index (χ0v) is 14.8. The average Bonchev–Trinajstić information content (AvgIpc) is 2.70. The van der Waals surface area contributed by atoms with Crippen molar-refractivity contribution in [2.75, 3.05) is 20.8 Å². The number of nitrogens with zero attached hydrogens (tertiary/aromatic N) is 2. The van der Waals surface area contributed by atoms with Crippen LogP contribution >= 0.6 is 0 Å². The van der Waals surface area contributed by atoms with Crippen LogP contribution in [0.5, 0.6) is 17.2 Å². The van der Waals surface area contributed by atoms with Crippen molar-refractivity contribution in [2.24, 2.45) is 5.10 Å². The van der Waals surface area contributed by atoms with Gasteiger partial charge in [0.2, 0.25) is 0 Å². The molecule has 0 saturated heterocycles. The van der Waals surface area contributed by atoms with Crippen molar-refractivity contribution >= 4 is 11.6 Å². The van der Waals surface area contributed by atoms with Crippen LogP contribution in [0.4, 0.5) is 0 Å². The molecule has 0 unspecified atom stereocenters. The van der Waals surface area contributed by atoms with E-state index in [9.17, 15) is 4.79 Å². The van der Waals surface area contributed by atoms with E-state index in [0.29, 0.717) is 28.5 Å². The summed E-state index contributed by atoms with van der Waals surface area (Å²) in [6, 6.07) is 13.9. The standard InChI is InChI=1S/C19H19N3O4/c1-13(15-6-9-17(24-2)18(10-15)25-3)21-22-19(23)12-26-16-7-4-14(11-20)5-8-16/h4-10H,12H2,1-3H3,(H,22,23). The number of hydrazone groups is 1. The maximum atomic E-state index is 11.9. The number of carbonyl (C=O) groups is 1. The molecule has 2 aromatic rings. The Labute approximate surface area is 151 Å². The molecule has 1 N–H and O–H groups in total. The van der Waals surface area contributed by atoms with Crippen molar-refractivity contribution in [3.8, 4) is 23.3 Å². The highest BCUT2D eigenvalue weighted by Gasteiger charge is 2.07. The van der Waals surface area contributed by atoms with E-state index in [1.54, 1.807) is 57.5 Å². The average molecular weight is 353 g/mol. The Morgan fingerprint density at radius 1 is 1.12 bits per heavy atom. The van der Waals surface area contributed by atoms with Crippen LogP contribution in [0.3, 0.4) is 0 Å². The van der Waals surface area contributed by atoms with Crippen molar-refractivity contribution in [2.45, 2.75) is 6.92 Å². The quantitative estimate of drug-likeness (QED) is 0.610. The molecule has 1 amide bonds. The highest BCUT2D eigenvalue weighted by molar-refractivity contribution is 5.99. The first-order chi connectivity index (χ1) is 12.6. The Morgan fingerprint density at radius 2 is 1.81 bits per heavy atom. The highest BCUT2D eigenvalue weighted by atomic mass is 16.5. The molecule has 0 aliphatic carbocycles. The second kappa shape index (κ2) is 9.08. The molecule has 0 aliphatic rings. The Morgan fingerprint density at radius 3 is 2.42 bits per heavy atom. The summed E-state index contributed by atoms with van der Waals surface area (Å²) < 4.78 is 15.8. The number of benzene rings is 2. The summed E-state index contributed by atoms with van der Waals surface area (Å²) in [5, 5.41) is 12.8. The van der Waals surface area contributed by atoms with E-state index in [4.69, 9.17) is 19.5 Å². The van der Waals surface area contributed by atoms with Crippen LogP contribution in [0, 0.1) is 11.3 Å². The van der Waals surface area contributed by atoms with Gasteiger partial charge in [-0.05, 0) is 49.4 Å². The number of rotatable bonds is 7. The van der Waals surface area contributed by atoms with Gasteiger partial charge in [0.1, 0.15) is 5.75 Å². The minimum absolute atomic E-state index is 0.186. The first-order valence-electron chi connectivity index (χ1n) is 7.76. The molecule has 26 heavy (non-hydrogen) atoms. The predicted octanol–water partition coefficient (Wildman–Crippen LogP) is 2.49. The molecule has 0 bridgehead atoms. The molecule has 0 radical (unpaired) electrons. The Hall–Kier alpha value is -3.53. The monoisotopic (exact) mass is 353 g/mol. The van der Waals surface area contributed by atoms with Crippen LogP contribution in [0.25, 0.3) is 0 Å². The lowest BCUT2D eigenvalue weighted by atomic mass is 10.1. The van der Waals surface area contributed by atoms with Gasteiger partial charge >= 0.3 is 0 Å². The Bertz CT molecular complexity index is 839. The lowest BCUT2D eigenvalue weighted by Gasteiger charge is -2.09. The largest absolute Gasteiger partial charge is 0.493 e. The predicted molar refractivity (Wildman–Crippen MR) is 96.6 cm³/mol. The molecular weight excluding hydrogens is 334 g/mol. The van der Waals surface area contributed by atoms with Crippen molar-refractivity contribution < 1.29 is 19.0 Å². The first kappa shape index (κ1) is 18.8. The first-order valence-corrected chi connectivity index (χ1v) is 7.76. The molecule has 134 valence electrons. The normalized spacial score (nSPS) is 10.6. The van der Waals surface area contributed by atoms with E-state index < -0.39 is 5.91 Å². The van der Waals surface area contributed by atoms with Crippen molar-refractivity contribution in [3.63, 3.8) is 0 Å². The maximum Gasteiger partial charge on any atom is 0.277 e. The lowest BCUT2D eigenvalue weighted by molar-refractivity contribution is -0.123. The summed E-state index contributed by atoms with van der Waals surface area (Å²) >= 11 is 0. The number of amides is 1. The highest BCUT2D eigenvalue weighted by Crippen LogP contribution is 2.27. The third-order valence-corrected chi connectivity index (χ3v) is 3.50.